The second kappa shape index (κ2) is 8.54. The van der Waals surface area contributed by atoms with Gasteiger partial charge in [0.2, 0.25) is 5.91 Å². The third kappa shape index (κ3) is 4.77. The van der Waals surface area contributed by atoms with Crippen LogP contribution in [0.2, 0.25) is 0 Å². The van der Waals surface area contributed by atoms with E-state index in [9.17, 15) is 4.79 Å². The van der Waals surface area contributed by atoms with Gasteiger partial charge in [-0.1, -0.05) is 24.3 Å². The lowest BCUT2D eigenvalue weighted by atomic mass is 10.1. The maximum Gasteiger partial charge on any atom is 0.224 e. The second-order valence-corrected chi connectivity index (χ2v) is 7.53. The molecule has 3 aromatic rings. The van der Waals surface area contributed by atoms with Crippen molar-refractivity contribution in [2.45, 2.75) is 19.4 Å². The number of piperazine rings is 1. The molecule has 1 aromatic heterocycles. The quantitative estimate of drug-likeness (QED) is 0.693. The van der Waals surface area contributed by atoms with Crippen LogP contribution in [0.5, 0.6) is 0 Å². The number of likely N-dealkylation sites (N-methyl/N-ethyl adjacent to an activating group) is 1. The van der Waals surface area contributed by atoms with Crippen LogP contribution in [0.25, 0.3) is 11.0 Å². The number of nitrogens with one attached hydrogen (secondary N) is 2. The molecule has 2 aromatic carbocycles. The average molecular weight is 377 g/mol. The van der Waals surface area contributed by atoms with Crippen LogP contribution in [0.15, 0.2) is 48.5 Å². The van der Waals surface area contributed by atoms with E-state index >= 15 is 0 Å². The van der Waals surface area contributed by atoms with Gasteiger partial charge in [0.25, 0.3) is 0 Å². The highest BCUT2D eigenvalue weighted by Gasteiger charge is 2.14. The number of amides is 1. The van der Waals surface area contributed by atoms with E-state index in [1.165, 1.54) is 5.56 Å². The molecule has 1 amide bonds. The zero-order valence-corrected chi connectivity index (χ0v) is 16.3. The molecule has 0 spiro atoms. The first-order valence-electron chi connectivity index (χ1n) is 9.89. The first-order valence-corrected chi connectivity index (χ1v) is 9.89. The van der Waals surface area contributed by atoms with Crippen molar-refractivity contribution in [1.29, 1.82) is 0 Å². The summed E-state index contributed by atoms with van der Waals surface area (Å²) in [6.45, 7) is 5.43. The number of aryl methyl sites for hydroxylation is 1. The van der Waals surface area contributed by atoms with Crippen LogP contribution in [0, 0.1) is 0 Å². The van der Waals surface area contributed by atoms with Crippen LogP contribution in [-0.2, 0) is 17.8 Å². The summed E-state index contributed by atoms with van der Waals surface area (Å²) in [6, 6.07) is 16.1. The Kier molecular flexibility index (Phi) is 5.69. The highest BCUT2D eigenvalue weighted by Crippen LogP contribution is 2.14. The van der Waals surface area contributed by atoms with Gasteiger partial charge < -0.3 is 15.2 Å². The zero-order valence-electron chi connectivity index (χ0n) is 16.3. The van der Waals surface area contributed by atoms with Crippen molar-refractivity contribution in [1.82, 2.24) is 19.8 Å². The molecule has 2 heterocycles. The number of hydrogen-bond acceptors (Lipinski definition) is 4. The molecule has 1 saturated heterocycles. The first-order chi connectivity index (χ1) is 13.7. The third-order valence-corrected chi connectivity index (χ3v) is 5.27. The lowest BCUT2D eigenvalue weighted by Crippen LogP contribution is -2.43. The SMILES string of the molecule is CN1CCN(Cc2ccc(NC(=O)CCc3nc4ccccc4[nH]3)cc2)CC1. The topological polar surface area (TPSA) is 64.3 Å². The molecule has 6 heteroatoms. The molecule has 0 radical (unpaired) electrons. The summed E-state index contributed by atoms with van der Waals surface area (Å²) < 4.78 is 0. The Bertz CT molecular complexity index is 893. The minimum atomic E-state index is 0.00674. The Balaban J connectivity index is 1.26. The highest BCUT2D eigenvalue weighted by atomic mass is 16.1. The number of nitrogens with zero attached hydrogens (tertiary/aromatic N) is 3. The number of carbonyl (C=O) groups is 1. The number of carbonyl (C=O) groups excluding carboxylic acids is 1. The lowest BCUT2D eigenvalue weighted by molar-refractivity contribution is -0.116. The van der Waals surface area contributed by atoms with Crippen LogP contribution in [-0.4, -0.2) is 58.9 Å². The predicted octanol–water partition coefficient (Wildman–Crippen LogP) is 2.88. The highest BCUT2D eigenvalue weighted by molar-refractivity contribution is 5.90. The van der Waals surface area contributed by atoms with Crippen LogP contribution >= 0.6 is 0 Å². The summed E-state index contributed by atoms with van der Waals surface area (Å²) in [6.07, 6.45) is 1.00. The van der Waals surface area contributed by atoms with E-state index in [2.05, 4.69) is 44.3 Å². The minimum Gasteiger partial charge on any atom is -0.342 e. The maximum atomic E-state index is 12.3. The molecule has 1 aliphatic heterocycles. The van der Waals surface area contributed by atoms with E-state index in [4.69, 9.17) is 0 Å². The number of fused-ring (bicyclic) bond motifs is 1. The number of imidazole rings is 1. The van der Waals surface area contributed by atoms with Gasteiger partial charge in [-0.05, 0) is 36.9 Å². The fraction of sp³-hybridized carbons (Fsp3) is 0.364. The molecule has 1 fully saturated rings. The number of H-pyrrole nitrogens is 1. The Morgan fingerprint density at radius 3 is 2.57 bits per heavy atom. The number of benzene rings is 2. The van der Waals surface area contributed by atoms with Crippen molar-refractivity contribution in [2.75, 3.05) is 38.5 Å². The van der Waals surface area contributed by atoms with Gasteiger partial charge in [-0.25, -0.2) is 4.98 Å². The molecule has 4 rings (SSSR count). The summed E-state index contributed by atoms with van der Waals surface area (Å²) in [4.78, 5) is 24.9. The molecule has 0 aliphatic carbocycles. The van der Waals surface area contributed by atoms with Gasteiger partial charge in [-0.15, -0.1) is 0 Å². The van der Waals surface area contributed by atoms with Crippen molar-refractivity contribution in [3.05, 3.63) is 59.9 Å². The minimum absolute atomic E-state index is 0.00674. The van der Waals surface area contributed by atoms with Crippen molar-refractivity contribution < 1.29 is 4.79 Å². The fourth-order valence-electron chi connectivity index (χ4n) is 3.54. The molecular formula is C22H27N5O. The van der Waals surface area contributed by atoms with Gasteiger partial charge in [-0.2, -0.15) is 0 Å². The molecule has 0 atom stereocenters. The summed E-state index contributed by atoms with van der Waals surface area (Å²) in [5.74, 6) is 0.853. The van der Waals surface area contributed by atoms with Gasteiger partial charge in [0, 0.05) is 51.3 Å². The smallest absolute Gasteiger partial charge is 0.224 e. The Morgan fingerprint density at radius 2 is 1.82 bits per heavy atom. The molecule has 0 saturated carbocycles. The van der Waals surface area contributed by atoms with Gasteiger partial charge in [0.1, 0.15) is 5.82 Å². The van der Waals surface area contributed by atoms with Crippen LogP contribution in [0.1, 0.15) is 17.8 Å². The van der Waals surface area contributed by atoms with E-state index in [-0.39, 0.29) is 5.91 Å². The molecular weight excluding hydrogens is 350 g/mol. The Hall–Kier alpha value is -2.70. The number of rotatable bonds is 6. The molecule has 28 heavy (non-hydrogen) atoms. The van der Waals surface area contributed by atoms with E-state index in [1.807, 2.05) is 36.4 Å². The van der Waals surface area contributed by atoms with Crippen molar-refractivity contribution in [2.24, 2.45) is 0 Å². The monoisotopic (exact) mass is 377 g/mol. The number of anilines is 1. The van der Waals surface area contributed by atoms with E-state index in [0.717, 1.165) is 55.3 Å². The average Bonchev–Trinajstić information content (AvgIpc) is 3.13. The number of aromatic nitrogens is 2. The van der Waals surface area contributed by atoms with Gasteiger partial charge in [0.05, 0.1) is 11.0 Å². The number of aromatic amines is 1. The molecule has 0 unspecified atom stereocenters. The summed E-state index contributed by atoms with van der Waals surface area (Å²) in [5, 5.41) is 2.98. The standard InChI is InChI=1S/C22H27N5O/c1-26-12-14-27(15-13-26)16-17-6-8-18(9-7-17)23-22(28)11-10-21-24-19-4-2-3-5-20(19)25-21/h2-9H,10-16H2,1H3,(H,23,28)(H,24,25). The maximum absolute atomic E-state index is 12.3. The normalized spacial score (nSPS) is 15.8. The number of para-hydroxylation sites is 2. The van der Waals surface area contributed by atoms with Gasteiger partial charge in [0.15, 0.2) is 0 Å². The van der Waals surface area contributed by atoms with Crippen LogP contribution in [0.4, 0.5) is 5.69 Å². The van der Waals surface area contributed by atoms with Gasteiger partial charge >= 0.3 is 0 Å². The zero-order chi connectivity index (χ0) is 19.3. The molecule has 2 N–H and O–H groups in total. The fourth-order valence-corrected chi connectivity index (χ4v) is 3.54. The van der Waals surface area contributed by atoms with Crippen LogP contribution in [0.3, 0.4) is 0 Å². The van der Waals surface area contributed by atoms with Crippen LogP contribution < -0.4 is 5.32 Å². The summed E-state index contributed by atoms with van der Waals surface area (Å²) >= 11 is 0. The first kappa shape index (κ1) is 18.7. The molecule has 6 nitrogen and oxygen atoms in total. The van der Waals surface area contributed by atoms with E-state index in [1.54, 1.807) is 0 Å². The van der Waals surface area contributed by atoms with Crippen molar-refractivity contribution >= 4 is 22.6 Å². The van der Waals surface area contributed by atoms with E-state index in [0.29, 0.717) is 12.8 Å². The van der Waals surface area contributed by atoms with Gasteiger partial charge in [-0.3, -0.25) is 9.69 Å². The molecule has 1 aliphatic rings. The largest absolute Gasteiger partial charge is 0.342 e. The summed E-state index contributed by atoms with van der Waals surface area (Å²) in [7, 11) is 2.17. The summed E-state index contributed by atoms with van der Waals surface area (Å²) in [5.41, 5.74) is 4.07. The van der Waals surface area contributed by atoms with Crippen molar-refractivity contribution in [3.63, 3.8) is 0 Å². The molecule has 0 bridgehead atoms. The second-order valence-electron chi connectivity index (χ2n) is 7.53. The Morgan fingerprint density at radius 1 is 1.07 bits per heavy atom. The predicted molar refractivity (Wildman–Crippen MR) is 112 cm³/mol. The Labute approximate surface area is 165 Å². The molecule has 146 valence electrons. The van der Waals surface area contributed by atoms with E-state index < -0.39 is 0 Å². The lowest BCUT2D eigenvalue weighted by Gasteiger charge is -2.32. The third-order valence-electron chi connectivity index (χ3n) is 5.27. The van der Waals surface area contributed by atoms with Crippen molar-refractivity contribution in [3.8, 4) is 0 Å². The number of hydrogen-bond donors (Lipinski definition) is 2.